The van der Waals surface area contributed by atoms with E-state index in [4.69, 9.17) is 0 Å². The van der Waals surface area contributed by atoms with Crippen LogP contribution in [0.2, 0.25) is 0 Å². The molecule has 0 amide bonds. The number of allylic oxidation sites excluding steroid dienone is 6. The molecule has 0 unspecified atom stereocenters. The van der Waals surface area contributed by atoms with E-state index in [2.05, 4.69) is 52.8 Å². The molecule has 0 saturated heterocycles. The molecular weight excluding hydrogens is 204 g/mol. The van der Waals surface area contributed by atoms with Gasteiger partial charge in [-0.1, -0.05) is 48.3 Å². The van der Waals surface area contributed by atoms with Crippen molar-refractivity contribution in [3.05, 3.63) is 34.9 Å². The minimum atomic E-state index is 1.19. The highest BCUT2D eigenvalue weighted by molar-refractivity contribution is 5.05. The summed E-state index contributed by atoms with van der Waals surface area (Å²) in [5.41, 5.74) is 4.50. The summed E-state index contributed by atoms with van der Waals surface area (Å²) in [5.74, 6) is 0. The molecule has 0 spiro atoms. The molecule has 0 saturated carbocycles. The minimum absolute atomic E-state index is 1.19. The smallest absolute Gasteiger partial charge is 0.0288 e. The van der Waals surface area contributed by atoms with Crippen LogP contribution >= 0.6 is 0 Å². The fourth-order valence-electron chi connectivity index (χ4n) is 1.73. The van der Waals surface area contributed by atoms with Crippen LogP contribution in [0.1, 0.15) is 73.1 Å². The third-order valence-electron chi connectivity index (χ3n) is 2.90. The van der Waals surface area contributed by atoms with Crippen molar-refractivity contribution < 1.29 is 0 Å². The normalized spacial score (nSPS) is 12.8. The highest BCUT2D eigenvalue weighted by atomic mass is 14.0. The summed E-state index contributed by atoms with van der Waals surface area (Å²) in [6.45, 7) is 11.1. The molecule has 0 aliphatic rings. The van der Waals surface area contributed by atoms with E-state index < -0.39 is 0 Å². The first kappa shape index (κ1) is 16.2. The van der Waals surface area contributed by atoms with Crippen LogP contribution in [0.4, 0.5) is 0 Å². The van der Waals surface area contributed by atoms with Gasteiger partial charge in [0.25, 0.3) is 0 Å². The predicted octanol–water partition coefficient (Wildman–Crippen LogP) is 6.21. The van der Waals surface area contributed by atoms with Gasteiger partial charge in [-0.2, -0.15) is 0 Å². The van der Waals surface area contributed by atoms with Crippen molar-refractivity contribution in [2.75, 3.05) is 0 Å². The molecule has 0 atom stereocenters. The predicted molar refractivity (Wildman–Crippen MR) is 80.3 cm³/mol. The Balaban J connectivity index is 3.80. The van der Waals surface area contributed by atoms with Crippen LogP contribution in [0.3, 0.4) is 0 Å². The third-order valence-corrected chi connectivity index (χ3v) is 2.90. The van der Waals surface area contributed by atoms with Crippen molar-refractivity contribution in [2.45, 2.75) is 73.1 Å². The van der Waals surface area contributed by atoms with Crippen molar-refractivity contribution in [1.82, 2.24) is 0 Å². The van der Waals surface area contributed by atoms with Gasteiger partial charge >= 0.3 is 0 Å². The van der Waals surface area contributed by atoms with Gasteiger partial charge in [0.15, 0.2) is 0 Å². The Bertz CT molecular complexity index is 272. The van der Waals surface area contributed by atoms with Crippen molar-refractivity contribution >= 4 is 0 Å². The van der Waals surface area contributed by atoms with Crippen LogP contribution in [0.15, 0.2) is 34.9 Å². The van der Waals surface area contributed by atoms with E-state index in [0.29, 0.717) is 0 Å². The average Bonchev–Trinajstić information content (AvgIpc) is 2.25. The molecule has 0 radical (unpaired) electrons. The Morgan fingerprint density at radius 2 is 1.18 bits per heavy atom. The molecule has 0 fully saturated rings. The van der Waals surface area contributed by atoms with Crippen LogP contribution < -0.4 is 0 Å². The summed E-state index contributed by atoms with van der Waals surface area (Å²) in [6, 6.07) is 0. The maximum Gasteiger partial charge on any atom is -0.0288 e. The molecule has 0 bridgehead atoms. The van der Waals surface area contributed by atoms with Crippen LogP contribution in [0, 0.1) is 0 Å². The van der Waals surface area contributed by atoms with E-state index in [9.17, 15) is 0 Å². The van der Waals surface area contributed by atoms with E-state index in [1.807, 2.05) is 0 Å². The summed E-state index contributed by atoms with van der Waals surface area (Å²) >= 11 is 0. The lowest BCUT2D eigenvalue weighted by Crippen LogP contribution is -1.80. The Hall–Kier alpha value is -0.780. The van der Waals surface area contributed by atoms with Gasteiger partial charge in [-0.25, -0.2) is 0 Å². The number of hydrogen-bond donors (Lipinski definition) is 0. The van der Waals surface area contributed by atoms with Crippen molar-refractivity contribution in [3.8, 4) is 0 Å². The Kier molecular flexibility index (Phi) is 9.90. The molecule has 0 aromatic rings. The quantitative estimate of drug-likeness (QED) is 0.438. The third kappa shape index (κ3) is 11.5. The largest absolute Gasteiger partial charge is 0.0856 e. The number of hydrogen-bond acceptors (Lipinski definition) is 0. The van der Waals surface area contributed by atoms with E-state index in [1.54, 1.807) is 5.57 Å². The van der Waals surface area contributed by atoms with Crippen molar-refractivity contribution in [2.24, 2.45) is 0 Å². The van der Waals surface area contributed by atoms with Gasteiger partial charge in [-0.05, 0) is 59.8 Å². The highest BCUT2D eigenvalue weighted by Crippen LogP contribution is 2.11. The van der Waals surface area contributed by atoms with E-state index in [0.717, 1.165) is 0 Å². The SMILES string of the molecule is CCCC=C(C)CC/C=C(\C)CCC=C(C)C. The first-order chi connectivity index (χ1) is 8.06. The molecule has 0 N–H and O–H groups in total. The zero-order valence-corrected chi connectivity index (χ0v) is 12.5. The summed E-state index contributed by atoms with van der Waals surface area (Å²) in [6.07, 6.45) is 14.4. The molecule has 0 aromatic carbocycles. The second-order valence-corrected chi connectivity index (χ2v) is 5.25. The molecule has 0 aliphatic heterocycles. The van der Waals surface area contributed by atoms with Gasteiger partial charge < -0.3 is 0 Å². The molecule has 17 heavy (non-hydrogen) atoms. The van der Waals surface area contributed by atoms with Crippen LogP contribution in [-0.4, -0.2) is 0 Å². The maximum absolute atomic E-state index is 2.40. The monoisotopic (exact) mass is 234 g/mol. The summed E-state index contributed by atoms with van der Waals surface area (Å²) < 4.78 is 0. The van der Waals surface area contributed by atoms with Gasteiger partial charge in [-0.15, -0.1) is 0 Å². The number of unbranched alkanes of at least 4 members (excludes halogenated alkanes) is 1. The highest BCUT2D eigenvalue weighted by Gasteiger charge is 1.91. The molecule has 0 nitrogen and oxygen atoms in total. The van der Waals surface area contributed by atoms with E-state index in [1.165, 1.54) is 49.7 Å². The van der Waals surface area contributed by atoms with Gasteiger partial charge in [0.1, 0.15) is 0 Å². The van der Waals surface area contributed by atoms with Crippen LogP contribution in [-0.2, 0) is 0 Å². The van der Waals surface area contributed by atoms with Gasteiger partial charge in [-0.3, -0.25) is 0 Å². The van der Waals surface area contributed by atoms with Gasteiger partial charge in [0.05, 0.1) is 0 Å². The second kappa shape index (κ2) is 10.4. The molecule has 0 heterocycles. The Morgan fingerprint density at radius 1 is 0.706 bits per heavy atom. The lowest BCUT2D eigenvalue weighted by molar-refractivity contribution is 0.894. The van der Waals surface area contributed by atoms with E-state index >= 15 is 0 Å². The Morgan fingerprint density at radius 3 is 1.65 bits per heavy atom. The molecule has 0 heteroatoms. The maximum atomic E-state index is 2.40. The van der Waals surface area contributed by atoms with Gasteiger partial charge in [0.2, 0.25) is 0 Å². The lowest BCUT2D eigenvalue weighted by atomic mass is 10.1. The summed E-state index contributed by atoms with van der Waals surface area (Å²) in [4.78, 5) is 0. The number of rotatable bonds is 8. The van der Waals surface area contributed by atoms with E-state index in [-0.39, 0.29) is 0 Å². The zero-order valence-electron chi connectivity index (χ0n) is 12.5. The van der Waals surface area contributed by atoms with Crippen LogP contribution in [0.25, 0.3) is 0 Å². The lowest BCUT2D eigenvalue weighted by Gasteiger charge is -2.01. The fraction of sp³-hybridized carbons (Fsp3) is 0.647. The molecular formula is C17H30. The topological polar surface area (TPSA) is 0 Å². The van der Waals surface area contributed by atoms with Gasteiger partial charge in [0, 0.05) is 0 Å². The van der Waals surface area contributed by atoms with Crippen molar-refractivity contribution in [3.63, 3.8) is 0 Å². The first-order valence-electron chi connectivity index (χ1n) is 7.00. The first-order valence-corrected chi connectivity index (χ1v) is 7.00. The second-order valence-electron chi connectivity index (χ2n) is 5.25. The van der Waals surface area contributed by atoms with Crippen LogP contribution in [0.5, 0.6) is 0 Å². The molecule has 0 rings (SSSR count). The summed E-state index contributed by atoms with van der Waals surface area (Å²) in [7, 11) is 0. The average molecular weight is 234 g/mol. The standard InChI is InChI=1S/C17H30/c1-6-7-11-16(4)13-9-14-17(5)12-8-10-15(2)3/h10-11,14H,6-9,12-13H2,1-5H3/b16-11?,17-14+. The fourth-order valence-corrected chi connectivity index (χ4v) is 1.73. The van der Waals surface area contributed by atoms with Crippen molar-refractivity contribution in [1.29, 1.82) is 0 Å². The summed E-state index contributed by atoms with van der Waals surface area (Å²) in [5, 5.41) is 0. The zero-order chi connectivity index (χ0) is 13.1. The molecule has 98 valence electrons. The minimum Gasteiger partial charge on any atom is -0.0856 e. The molecule has 0 aromatic heterocycles. The molecule has 0 aliphatic carbocycles. The Labute approximate surface area is 109 Å².